The van der Waals surface area contributed by atoms with Gasteiger partial charge in [0, 0.05) is 6.04 Å². The van der Waals surface area contributed by atoms with E-state index in [0.29, 0.717) is 6.04 Å². The molecule has 0 spiro atoms. The van der Waals surface area contributed by atoms with Crippen LogP contribution in [0.25, 0.3) is 0 Å². The van der Waals surface area contributed by atoms with Crippen molar-refractivity contribution in [3.63, 3.8) is 0 Å². The summed E-state index contributed by atoms with van der Waals surface area (Å²) in [6.45, 7) is 0. The molecule has 0 heterocycles. The van der Waals surface area contributed by atoms with E-state index in [4.69, 9.17) is 23.2 Å². The highest BCUT2D eigenvalue weighted by Crippen LogP contribution is 2.54. The third-order valence-electron chi connectivity index (χ3n) is 5.50. The molecule has 4 bridgehead atoms. The van der Waals surface area contributed by atoms with Crippen LogP contribution in [0.3, 0.4) is 0 Å². The number of nitrogens with one attached hydrogen (secondary N) is 1. The summed E-state index contributed by atoms with van der Waals surface area (Å²) in [5, 5.41) is 5.20. The maximum atomic E-state index is 6.30. The molecular formula is C16H19Cl2N. The Morgan fingerprint density at radius 2 is 1.37 bits per heavy atom. The average Bonchev–Trinajstić information content (AvgIpc) is 2.36. The molecule has 0 aliphatic heterocycles. The van der Waals surface area contributed by atoms with Gasteiger partial charge in [-0.2, -0.15) is 0 Å². The number of hydrogen-bond acceptors (Lipinski definition) is 1. The molecule has 0 amide bonds. The Balaban J connectivity index is 1.60. The minimum Gasteiger partial charge on any atom is -0.379 e. The van der Waals surface area contributed by atoms with E-state index < -0.39 is 0 Å². The lowest BCUT2D eigenvalue weighted by Gasteiger charge is -2.54. The van der Waals surface area contributed by atoms with E-state index in [1.165, 1.54) is 32.1 Å². The Morgan fingerprint density at radius 1 is 0.842 bits per heavy atom. The zero-order valence-electron chi connectivity index (χ0n) is 10.9. The Bertz CT molecular complexity index is 451. The largest absolute Gasteiger partial charge is 0.379 e. The monoisotopic (exact) mass is 295 g/mol. The van der Waals surface area contributed by atoms with E-state index in [2.05, 4.69) is 5.32 Å². The fourth-order valence-corrected chi connectivity index (χ4v) is 5.47. The summed E-state index contributed by atoms with van der Waals surface area (Å²) in [4.78, 5) is 0. The number of anilines is 1. The van der Waals surface area contributed by atoms with Crippen molar-refractivity contribution >= 4 is 28.9 Å². The third-order valence-corrected chi connectivity index (χ3v) is 6.13. The van der Waals surface area contributed by atoms with Crippen LogP contribution in [0.1, 0.15) is 32.1 Å². The van der Waals surface area contributed by atoms with E-state index in [-0.39, 0.29) is 0 Å². The van der Waals surface area contributed by atoms with Crippen LogP contribution in [-0.4, -0.2) is 6.04 Å². The van der Waals surface area contributed by atoms with Crippen LogP contribution in [0.15, 0.2) is 18.2 Å². The summed E-state index contributed by atoms with van der Waals surface area (Å²) in [6.07, 6.45) is 7.13. The van der Waals surface area contributed by atoms with Crippen LogP contribution in [0.2, 0.25) is 10.0 Å². The van der Waals surface area contributed by atoms with Crippen molar-refractivity contribution < 1.29 is 0 Å². The first-order chi connectivity index (χ1) is 9.20. The molecule has 4 saturated carbocycles. The smallest absolute Gasteiger partial charge is 0.0721 e. The quantitative estimate of drug-likeness (QED) is 0.788. The highest BCUT2D eigenvalue weighted by atomic mass is 35.5. The SMILES string of the molecule is Clc1cccc(Cl)c1NC1C2CC3CC(C2)CC1C3. The molecule has 1 nitrogen and oxygen atoms in total. The van der Waals surface area contributed by atoms with E-state index >= 15 is 0 Å². The molecule has 19 heavy (non-hydrogen) atoms. The van der Waals surface area contributed by atoms with Crippen molar-refractivity contribution in [1.82, 2.24) is 0 Å². The molecule has 1 N–H and O–H groups in total. The zero-order valence-corrected chi connectivity index (χ0v) is 12.4. The van der Waals surface area contributed by atoms with Gasteiger partial charge in [0.2, 0.25) is 0 Å². The number of para-hydroxylation sites is 1. The molecule has 4 fully saturated rings. The van der Waals surface area contributed by atoms with Crippen molar-refractivity contribution in [1.29, 1.82) is 0 Å². The minimum atomic E-state index is 0.588. The molecule has 0 atom stereocenters. The zero-order chi connectivity index (χ0) is 13.0. The highest BCUT2D eigenvalue weighted by Gasteiger charge is 2.48. The molecule has 1 aromatic carbocycles. The molecule has 4 aliphatic rings. The normalized spacial score (nSPS) is 39.6. The van der Waals surface area contributed by atoms with Gasteiger partial charge in [-0.05, 0) is 67.9 Å². The topological polar surface area (TPSA) is 12.0 Å². The van der Waals surface area contributed by atoms with Crippen LogP contribution in [0.5, 0.6) is 0 Å². The fraction of sp³-hybridized carbons (Fsp3) is 0.625. The molecule has 0 radical (unpaired) electrons. The van der Waals surface area contributed by atoms with E-state index in [9.17, 15) is 0 Å². The predicted molar refractivity (Wildman–Crippen MR) is 80.9 cm³/mol. The third kappa shape index (κ3) is 2.06. The summed E-state index contributed by atoms with van der Waals surface area (Å²) in [6, 6.07) is 6.34. The molecule has 102 valence electrons. The Labute approximate surface area is 124 Å². The van der Waals surface area contributed by atoms with Crippen molar-refractivity contribution in [3.05, 3.63) is 28.2 Å². The van der Waals surface area contributed by atoms with Gasteiger partial charge in [-0.1, -0.05) is 29.3 Å². The van der Waals surface area contributed by atoms with Gasteiger partial charge in [-0.15, -0.1) is 0 Å². The lowest BCUT2D eigenvalue weighted by Crippen LogP contribution is -2.51. The van der Waals surface area contributed by atoms with Crippen molar-refractivity contribution in [2.24, 2.45) is 23.7 Å². The summed E-state index contributed by atoms with van der Waals surface area (Å²) in [5.74, 6) is 3.68. The van der Waals surface area contributed by atoms with Gasteiger partial charge in [0.05, 0.1) is 15.7 Å². The maximum Gasteiger partial charge on any atom is 0.0721 e. The Hall–Kier alpha value is -0.400. The number of benzene rings is 1. The lowest BCUT2D eigenvalue weighted by atomic mass is 9.54. The van der Waals surface area contributed by atoms with Crippen molar-refractivity contribution in [2.45, 2.75) is 38.1 Å². The molecular weight excluding hydrogens is 277 g/mol. The number of hydrogen-bond donors (Lipinski definition) is 1. The summed E-state index contributed by atoms with van der Waals surface area (Å²) < 4.78 is 0. The minimum absolute atomic E-state index is 0.588. The van der Waals surface area contributed by atoms with E-state index in [1.54, 1.807) is 0 Å². The first-order valence-electron chi connectivity index (χ1n) is 7.41. The van der Waals surface area contributed by atoms with Crippen LogP contribution < -0.4 is 5.32 Å². The number of rotatable bonds is 2. The van der Waals surface area contributed by atoms with Crippen LogP contribution in [0.4, 0.5) is 5.69 Å². The fourth-order valence-electron chi connectivity index (χ4n) is 4.96. The van der Waals surface area contributed by atoms with Gasteiger partial charge < -0.3 is 5.32 Å². The summed E-state index contributed by atoms with van der Waals surface area (Å²) in [5.41, 5.74) is 0.948. The van der Waals surface area contributed by atoms with Gasteiger partial charge >= 0.3 is 0 Å². The van der Waals surface area contributed by atoms with Crippen molar-refractivity contribution in [3.8, 4) is 0 Å². The molecule has 0 unspecified atom stereocenters. The van der Waals surface area contributed by atoms with E-state index in [0.717, 1.165) is 39.4 Å². The predicted octanol–water partition coefficient (Wildman–Crippen LogP) is 5.23. The average molecular weight is 296 g/mol. The van der Waals surface area contributed by atoms with Gasteiger partial charge in [0.1, 0.15) is 0 Å². The lowest BCUT2D eigenvalue weighted by molar-refractivity contribution is 0.00755. The molecule has 0 aromatic heterocycles. The highest BCUT2D eigenvalue weighted by molar-refractivity contribution is 6.39. The van der Waals surface area contributed by atoms with Crippen molar-refractivity contribution in [2.75, 3.05) is 5.32 Å². The van der Waals surface area contributed by atoms with Crippen LogP contribution >= 0.6 is 23.2 Å². The maximum absolute atomic E-state index is 6.30. The van der Waals surface area contributed by atoms with E-state index in [1.807, 2.05) is 18.2 Å². The van der Waals surface area contributed by atoms with Crippen LogP contribution in [-0.2, 0) is 0 Å². The van der Waals surface area contributed by atoms with Gasteiger partial charge in [0.15, 0.2) is 0 Å². The second-order valence-corrected chi connectivity index (χ2v) is 7.51. The van der Waals surface area contributed by atoms with Crippen LogP contribution in [0, 0.1) is 23.7 Å². The molecule has 1 aromatic rings. The molecule has 5 rings (SSSR count). The summed E-state index contributed by atoms with van der Waals surface area (Å²) in [7, 11) is 0. The standard InChI is InChI=1S/C16H19Cl2N/c17-13-2-1-3-14(18)16(13)19-15-11-5-9-4-10(7-11)8-12(15)6-9/h1-3,9-12,15,19H,4-8H2. The summed E-state index contributed by atoms with van der Waals surface area (Å²) >= 11 is 12.6. The Morgan fingerprint density at radius 3 is 1.89 bits per heavy atom. The van der Waals surface area contributed by atoms with Gasteiger partial charge in [-0.25, -0.2) is 0 Å². The van der Waals surface area contributed by atoms with Gasteiger partial charge in [0.25, 0.3) is 0 Å². The first kappa shape index (κ1) is 12.3. The molecule has 0 saturated heterocycles. The first-order valence-corrected chi connectivity index (χ1v) is 8.17. The molecule has 3 heteroatoms. The number of halogens is 2. The molecule has 4 aliphatic carbocycles. The van der Waals surface area contributed by atoms with Gasteiger partial charge in [-0.3, -0.25) is 0 Å². The Kier molecular flexibility index (Phi) is 2.97. The second-order valence-electron chi connectivity index (χ2n) is 6.70. The second kappa shape index (κ2) is 4.56.